The molecule has 0 saturated carbocycles. The third kappa shape index (κ3) is 3.74. The summed E-state index contributed by atoms with van der Waals surface area (Å²) in [6, 6.07) is 11.8. The number of hydrogen-bond donors (Lipinski definition) is 0. The highest BCUT2D eigenvalue weighted by molar-refractivity contribution is 5.95. The molecule has 0 fully saturated rings. The van der Waals surface area contributed by atoms with E-state index in [1.165, 1.54) is 6.07 Å². The third-order valence-electron chi connectivity index (χ3n) is 4.61. The second kappa shape index (κ2) is 7.30. The Hall–Kier alpha value is -2.83. The Balaban J connectivity index is 2.07. The fourth-order valence-corrected chi connectivity index (χ4v) is 3.34. The Bertz CT molecular complexity index is 1020. The van der Waals surface area contributed by atoms with Crippen LogP contribution in [0.5, 0.6) is 0 Å². The first-order valence-electron chi connectivity index (χ1n) is 9.01. The van der Waals surface area contributed by atoms with Gasteiger partial charge in [-0.2, -0.15) is 13.2 Å². The Labute approximate surface area is 161 Å². The molecular formula is C21H22F3N3O. The van der Waals surface area contributed by atoms with Crippen LogP contribution in [0.3, 0.4) is 0 Å². The standard InChI is InChI=1S/C21H22F3N3O/c1-13(2)27(18-11-14(3)9-10-15(18)4)19(28)12-26-17-8-6-5-7-16(17)25-20(26)21(22,23)24/h5-11,13H,12H2,1-4H3. The van der Waals surface area contributed by atoms with Crippen molar-refractivity contribution in [2.75, 3.05) is 4.90 Å². The molecule has 1 heterocycles. The molecule has 0 spiro atoms. The molecule has 0 N–H and O–H groups in total. The van der Waals surface area contributed by atoms with Gasteiger partial charge < -0.3 is 9.47 Å². The second-order valence-corrected chi connectivity index (χ2v) is 7.16. The van der Waals surface area contributed by atoms with Gasteiger partial charge in [-0.1, -0.05) is 24.3 Å². The highest BCUT2D eigenvalue weighted by Gasteiger charge is 2.38. The van der Waals surface area contributed by atoms with Crippen molar-refractivity contribution in [1.29, 1.82) is 0 Å². The lowest BCUT2D eigenvalue weighted by Crippen LogP contribution is -2.40. The van der Waals surface area contributed by atoms with Crippen molar-refractivity contribution in [3.63, 3.8) is 0 Å². The summed E-state index contributed by atoms with van der Waals surface area (Å²) in [4.78, 5) is 18.4. The van der Waals surface area contributed by atoms with Crippen molar-refractivity contribution >= 4 is 22.6 Å². The number of carbonyl (C=O) groups excluding carboxylic acids is 1. The number of para-hydroxylation sites is 2. The average Bonchev–Trinajstić information content (AvgIpc) is 2.97. The van der Waals surface area contributed by atoms with Gasteiger partial charge in [0.25, 0.3) is 0 Å². The van der Waals surface area contributed by atoms with E-state index >= 15 is 0 Å². The van der Waals surface area contributed by atoms with E-state index in [0.29, 0.717) is 5.69 Å². The minimum absolute atomic E-state index is 0.211. The van der Waals surface area contributed by atoms with Gasteiger partial charge >= 0.3 is 6.18 Å². The zero-order valence-electron chi connectivity index (χ0n) is 16.2. The first kappa shape index (κ1) is 19.9. The number of aromatic nitrogens is 2. The summed E-state index contributed by atoms with van der Waals surface area (Å²) >= 11 is 0. The van der Waals surface area contributed by atoms with Gasteiger partial charge in [-0.05, 0) is 57.0 Å². The highest BCUT2D eigenvalue weighted by atomic mass is 19.4. The molecule has 3 aromatic rings. The molecular weight excluding hydrogens is 367 g/mol. The van der Waals surface area contributed by atoms with Crippen molar-refractivity contribution in [1.82, 2.24) is 9.55 Å². The fourth-order valence-electron chi connectivity index (χ4n) is 3.34. The Morgan fingerprint density at radius 1 is 1.14 bits per heavy atom. The van der Waals surface area contributed by atoms with Crippen LogP contribution in [0.2, 0.25) is 0 Å². The molecule has 0 saturated heterocycles. The first-order chi connectivity index (χ1) is 13.1. The van der Waals surface area contributed by atoms with Crippen molar-refractivity contribution in [3.05, 3.63) is 59.4 Å². The smallest absolute Gasteiger partial charge is 0.311 e. The van der Waals surface area contributed by atoms with Gasteiger partial charge in [0, 0.05) is 11.7 Å². The summed E-state index contributed by atoms with van der Waals surface area (Å²) in [7, 11) is 0. The van der Waals surface area contributed by atoms with Crippen molar-refractivity contribution in [2.24, 2.45) is 0 Å². The predicted octanol–water partition coefficient (Wildman–Crippen LogP) is 5.11. The largest absolute Gasteiger partial charge is 0.449 e. The zero-order chi connectivity index (χ0) is 20.6. The van der Waals surface area contributed by atoms with Crippen molar-refractivity contribution in [2.45, 2.75) is 46.5 Å². The lowest BCUT2D eigenvalue weighted by molar-refractivity contribution is -0.147. The molecule has 0 bridgehead atoms. The number of fused-ring (bicyclic) bond motifs is 1. The van der Waals surface area contributed by atoms with Crippen LogP contribution < -0.4 is 4.90 Å². The molecule has 4 nitrogen and oxygen atoms in total. The number of hydrogen-bond acceptors (Lipinski definition) is 2. The number of benzene rings is 2. The summed E-state index contributed by atoms with van der Waals surface area (Å²) in [5.74, 6) is -1.48. The molecule has 0 atom stereocenters. The van der Waals surface area contributed by atoms with Gasteiger partial charge in [0.15, 0.2) is 0 Å². The number of nitrogens with zero attached hydrogens (tertiary/aromatic N) is 3. The van der Waals surface area contributed by atoms with Gasteiger partial charge in [0.2, 0.25) is 11.7 Å². The van der Waals surface area contributed by atoms with Gasteiger partial charge in [-0.25, -0.2) is 4.98 Å². The quantitative estimate of drug-likeness (QED) is 0.622. The van der Waals surface area contributed by atoms with Crippen LogP contribution in [-0.2, 0) is 17.5 Å². The van der Waals surface area contributed by atoms with Gasteiger partial charge in [0.05, 0.1) is 11.0 Å². The van der Waals surface area contributed by atoms with E-state index in [4.69, 9.17) is 0 Å². The first-order valence-corrected chi connectivity index (χ1v) is 9.01. The number of aryl methyl sites for hydroxylation is 2. The monoisotopic (exact) mass is 389 g/mol. The molecule has 1 aromatic heterocycles. The number of amides is 1. The molecule has 1 amide bonds. The molecule has 0 aliphatic carbocycles. The molecule has 28 heavy (non-hydrogen) atoms. The summed E-state index contributed by atoms with van der Waals surface area (Å²) in [6.45, 7) is 7.04. The third-order valence-corrected chi connectivity index (χ3v) is 4.61. The van der Waals surface area contributed by atoms with Crippen LogP contribution in [0.4, 0.5) is 18.9 Å². The van der Waals surface area contributed by atoms with E-state index in [0.717, 1.165) is 15.7 Å². The van der Waals surface area contributed by atoms with E-state index in [1.54, 1.807) is 23.1 Å². The minimum atomic E-state index is -4.65. The highest BCUT2D eigenvalue weighted by Crippen LogP contribution is 2.32. The molecule has 7 heteroatoms. The maximum absolute atomic E-state index is 13.5. The number of halogens is 3. The van der Waals surface area contributed by atoms with Crippen molar-refractivity contribution < 1.29 is 18.0 Å². The molecule has 3 rings (SSSR count). The molecule has 0 aliphatic heterocycles. The van der Waals surface area contributed by atoms with E-state index in [9.17, 15) is 18.0 Å². The maximum atomic E-state index is 13.5. The normalized spacial score (nSPS) is 12.0. The maximum Gasteiger partial charge on any atom is 0.449 e. The van der Waals surface area contributed by atoms with Gasteiger partial charge in [0.1, 0.15) is 6.54 Å². The fraction of sp³-hybridized carbons (Fsp3) is 0.333. The van der Waals surface area contributed by atoms with Crippen LogP contribution in [0.15, 0.2) is 42.5 Å². The van der Waals surface area contributed by atoms with E-state index in [-0.39, 0.29) is 17.1 Å². The van der Waals surface area contributed by atoms with Gasteiger partial charge in [-0.3, -0.25) is 4.79 Å². The number of imidazole rings is 1. The summed E-state index contributed by atoms with van der Waals surface area (Å²) in [5, 5.41) is 0. The molecule has 0 aliphatic rings. The summed E-state index contributed by atoms with van der Waals surface area (Å²) in [6.07, 6.45) is -4.65. The van der Waals surface area contributed by atoms with E-state index < -0.39 is 24.5 Å². The summed E-state index contributed by atoms with van der Waals surface area (Å²) in [5.41, 5.74) is 3.07. The molecule has 148 valence electrons. The summed E-state index contributed by atoms with van der Waals surface area (Å²) < 4.78 is 41.5. The van der Waals surface area contributed by atoms with Crippen LogP contribution in [0, 0.1) is 13.8 Å². The topological polar surface area (TPSA) is 38.1 Å². The SMILES string of the molecule is Cc1ccc(C)c(N(C(=O)Cn2c(C(F)(F)F)nc3ccccc32)C(C)C)c1. The number of rotatable bonds is 4. The Morgan fingerprint density at radius 2 is 1.82 bits per heavy atom. The van der Waals surface area contributed by atoms with Crippen LogP contribution >= 0.6 is 0 Å². The number of alkyl halides is 3. The average molecular weight is 389 g/mol. The zero-order valence-corrected chi connectivity index (χ0v) is 16.2. The van der Waals surface area contributed by atoms with Crippen LogP contribution in [0.1, 0.15) is 30.8 Å². The van der Waals surface area contributed by atoms with Crippen LogP contribution in [0.25, 0.3) is 11.0 Å². The number of anilines is 1. The predicted molar refractivity (Wildman–Crippen MR) is 103 cm³/mol. The Kier molecular flexibility index (Phi) is 5.19. The van der Waals surface area contributed by atoms with Crippen molar-refractivity contribution in [3.8, 4) is 0 Å². The molecule has 0 radical (unpaired) electrons. The lowest BCUT2D eigenvalue weighted by Gasteiger charge is -2.29. The Morgan fingerprint density at radius 3 is 2.46 bits per heavy atom. The van der Waals surface area contributed by atoms with E-state index in [1.807, 2.05) is 45.9 Å². The van der Waals surface area contributed by atoms with Gasteiger partial charge in [-0.15, -0.1) is 0 Å². The molecule has 2 aromatic carbocycles. The number of carbonyl (C=O) groups is 1. The molecule has 0 unspecified atom stereocenters. The minimum Gasteiger partial charge on any atom is -0.311 e. The van der Waals surface area contributed by atoms with E-state index in [2.05, 4.69) is 4.98 Å². The lowest BCUT2D eigenvalue weighted by atomic mass is 10.1. The second-order valence-electron chi connectivity index (χ2n) is 7.16. The van der Waals surface area contributed by atoms with Crippen LogP contribution in [-0.4, -0.2) is 21.5 Å².